The van der Waals surface area contributed by atoms with Crippen LogP contribution in [0.2, 0.25) is 0 Å². The Morgan fingerprint density at radius 3 is 2.38 bits per heavy atom. The molecule has 1 amide bonds. The first-order chi connectivity index (χ1) is 9.95. The van der Waals surface area contributed by atoms with E-state index >= 15 is 0 Å². The highest BCUT2D eigenvalue weighted by atomic mass is 19.1. The van der Waals surface area contributed by atoms with Gasteiger partial charge in [-0.3, -0.25) is 9.59 Å². The van der Waals surface area contributed by atoms with Gasteiger partial charge in [0.25, 0.3) is 5.91 Å². The maximum Gasteiger partial charge on any atom is 0.307 e. The molecular formula is C15H21FN2O3. The second-order valence-corrected chi connectivity index (χ2v) is 4.90. The maximum atomic E-state index is 13.7. The molecule has 0 unspecified atom stereocenters. The first-order valence-electron chi connectivity index (χ1n) is 6.71. The highest BCUT2D eigenvalue weighted by molar-refractivity contribution is 5.94. The molecule has 116 valence electrons. The molecule has 0 aliphatic rings. The number of ether oxygens (including phenoxy) is 1. The van der Waals surface area contributed by atoms with E-state index in [1.54, 1.807) is 6.07 Å². The minimum Gasteiger partial charge on any atom is -0.469 e. The fourth-order valence-electron chi connectivity index (χ4n) is 1.77. The summed E-state index contributed by atoms with van der Waals surface area (Å²) in [6.45, 7) is 1.24. The third-order valence-corrected chi connectivity index (χ3v) is 3.02. The molecule has 1 aromatic carbocycles. The molecule has 1 rings (SSSR count). The number of carbonyl (C=O) groups is 2. The lowest BCUT2D eigenvalue weighted by Gasteiger charge is -2.24. The summed E-state index contributed by atoms with van der Waals surface area (Å²) < 4.78 is 18.3. The van der Waals surface area contributed by atoms with E-state index in [0.717, 1.165) is 0 Å². The second kappa shape index (κ2) is 8.36. The summed E-state index contributed by atoms with van der Waals surface area (Å²) >= 11 is 0. The van der Waals surface area contributed by atoms with E-state index in [-0.39, 0.29) is 18.5 Å². The van der Waals surface area contributed by atoms with Gasteiger partial charge in [0.15, 0.2) is 0 Å². The van der Waals surface area contributed by atoms with Gasteiger partial charge < -0.3 is 14.5 Å². The average molecular weight is 296 g/mol. The summed E-state index contributed by atoms with van der Waals surface area (Å²) in [6, 6.07) is 5.83. The number of esters is 1. The highest BCUT2D eigenvalue weighted by Crippen LogP contribution is 2.10. The van der Waals surface area contributed by atoms with E-state index in [0.29, 0.717) is 13.1 Å². The van der Waals surface area contributed by atoms with E-state index in [1.807, 2.05) is 19.0 Å². The Balaban J connectivity index is 2.81. The number of likely N-dealkylation sites (N-methyl/N-ethyl adjacent to an activating group) is 1. The van der Waals surface area contributed by atoms with Crippen LogP contribution in [0.5, 0.6) is 0 Å². The molecule has 1 aromatic rings. The zero-order valence-corrected chi connectivity index (χ0v) is 12.6. The standard InChI is InChI=1S/C15H21FN2O3/c1-17(2)10-11-18(9-8-14(19)21-3)15(20)12-6-4-5-7-13(12)16/h4-7H,8-11H2,1-3H3. The number of methoxy groups -OCH3 is 1. The van der Waals surface area contributed by atoms with Crippen LogP contribution >= 0.6 is 0 Å². The molecule has 0 N–H and O–H groups in total. The zero-order chi connectivity index (χ0) is 15.8. The fourth-order valence-corrected chi connectivity index (χ4v) is 1.77. The van der Waals surface area contributed by atoms with Gasteiger partial charge in [0.05, 0.1) is 19.1 Å². The summed E-state index contributed by atoms with van der Waals surface area (Å²) in [6.07, 6.45) is 0.0874. The number of carbonyl (C=O) groups excluding carboxylic acids is 2. The molecule has 0 aliphatic heterocycles. The Bertz CT molecular complexity index is 492. The number of hydrogen-bond donors (Lipinski definition) is 0. The van der Waals surface area contributed by atoms with E-state index in [2.05, 4.69) is 4.74 Å². The number of rotatable bonds is 7. The summed E-state index contributed by atoms with van der Waals surface area (Å²) in [5, 5.41) is 0. The monoisotopic (exact) mass is 296 g/mol. The molecule has 5 nitrogen and oxygen atoms in total. The van der Waals surface area contributed by atoms with Crippen LogP contribution in [-0.2, 0) is 9.53 Å². The van der Waals surface area contributed by atoms with Crippen LogP contribution < -0.4 is 0 Å². The first kappa shape index (κ1) is 17.1. The van der Waals surface area contributed by atoms with Gasteiger partial charge in [0.2, 0.25) is 0 Å². The minimum atomic E-state index is -0.560. The Morgan fingerprint density at radius 1 is 1.14 bits per heavy atom. The van der Waals surface area contributed by atoms with Gasteiger partial charge in [-0.2, -0.15) is 0 Å². The van der Waals surface area contributed by atoms with Crippen LogP contribution in [0.15, 0.2) is 24.3 Å². The van der Waals surface area contributed by atoms with Crippen molar-refractivity contribution < 1.29 is 18.7 Å². The molecule has 0 spiro atoms. The molecular weight excluding hydrogens is 275 g/mol. The lowest BCUT2D eigenvalue weighted by Crippen LogP contribution is -2.38. The predicted octanol–water partition coefficient (Wildman–Crippen LogP) is 1.39. The maximum absolute atomic E-state index is 13.7. The quantitative estimate of drug-likeness (QED) is 0.714. The predicted molar refractivity (Wildman–Crippen MR) is 77.5 cm³/mol. The normalized spacial score (nSPS) is 10.5. The van der Waals surface area contributed by atoms with Crippen molar-refractivity contribution in [2.45, 2.75) is 6.42 Å². The van der Waals surface area contributed by atoms with Crippen LogP contribution in [0, 0.1) is 5.82 Å². The minimum absolute atomic E-state index is 0.0149. The number of amides is 1. The highest BCUT2D eigenvalue weighted by Gasteiger charge is 2.19. The van der Waals surface area contributed by atoms with Crippen molar-refractivity contribution in [3.63, 3.8) is 0 Å². The van der Waals surface area contributed by atoms with Crippen LogP contribution in [0.3, 0.4) is 0 Å². The van der Waals surface area contributed by atoms with Crippen molar-refractivity contribution in [1.29, 1.82) is 0 Å². The van der Waals surface area contributed by atoms with Crippen LogP contribution in [0.25, 0.3) is 0 Å². The van der Waals surface area contributed by atoms with E-state index in [9.17, 15) is 14.0 Å². The number of hydrogen-bond acceptors (Lipinski definition) is 4. The molecule has 0 bridgehead atoms. The van der Waals surface area contributed by atoms with Crippen LogP contribution in [-0.4, -0.2) is 62.5 Å². The van der Waals surface area contributed by atoms with Gasteiger partial charge in [-0.1, -0.05) is 12.1 Å². The van der Waals surface area contributed by atoms with E-state index in [4.69, 9.17) is 0 Å². The molecule has 0 fully saturated rings. The van der Waals surface area contributed by atoms with Crippen molar-refractivity contribution in [2.75, 3.05) is 40.8 Å². The van der Waals surface area contributed by atoms with E-state index in [1.165, 1.54) is 30.2 Å². The van der Waals surface area contributed by atoms with Gasteiger partial charge in [-0.05, 0) is 26.2 Å². The topological polar surface area (TPSA) is 49.9 Å². The summed E-state index contributed by atoms with van der Waals surface area (Å²) in [5.74, 6) is -1.37. The third kappa shape index (κ3) is 5.51. The molecule has 0 heterocycles. The molecule has 0 radical (unpaired) electrons. The largest absolute Gasteiger partial charge is 0.469 e. The van der Waals surface area contributed by atoms with Crippen molar-refractivity contribution in [3.05, 3.63) is 35.6 Å². The Labute approximate surface area is 124 Å². The Kier molecular flexibility index (Phi) is 6.81. The molecule has 0 saturated carbocycles. The number of halogens is 1. The molecule has 0 saturated heterocycles. The van der Waals surface area contributed by atoms with Crippen molar-refractivity contribution in [2.24, 2.45) is 0 Å². The molecule has 0 atom stereocenters. The summed E-state index contributed by atoms with van der Waals surface area (Å²) in [4.78, 5) is 27.0. The fraction of sp³-hybridized carbons (Fsp3) is 0.467. The van der Waals surface area contributed by atoms with E-state index < -0.39 is 17.7 Å². The van der Waals surface area contributed by atoms with Gasteiger partial charge in [0, 0.05) is 19.6 Å². The summed E-state index contributed by atoms with van der Waals surface area (Å²) in [7, 11) is 5.06. The SMILES string of the molecule is COC(=O)CCN(CCN(C)C)C(=O)c1ccccc1F. The van der Waals surface area contributed by atoms with Crippen molar-refractivity contribution >= 4 is 11.9 Å². The third-order valence-electron chi connectivity index (χ3n) is 3.02. The number of benzene rings is 1. The molecule has 6 heteroatoms. The summed E-state index contributed by atoms with van der Waals surface area (Å²) in [5.41, 5.74) is 0.0149. The van der Waals surface area contributed by atoms with Gasteiger partial charge in [-0.15, -0.1) is 0 Å². The second-order valence-electron chi connectivity index (χ2n) is 4.90. The molecule has 0 aliphatic carbocycles. The Hall–Kier alpha value is -1.95. The smallest absolute Gasteiger partial charge is 0.307 e. The molecule has 21 heavy (non-hydrogen) atoms. The Morgan fingerprint density at radius 2 is 1.81 bits per heavy atom. The van der Waals surface area contributed by atoms with Crippen molar-refractivity contribution in [3.8, 4) is 0 Å². The van der Waals surface area contributed by atoms with Gasteiger partial charge >= 0.3 is 5.97 Å². The van der Waals surface area contributed by atoms with Crippen molar-refractivity contribution in [1.82, 2.24) is 9.80 Å². The van der Waals surface area contributed by atoms with Crippen LogP contribution in [0.1, 0.15) is 16.8 Å². The van der Waals surface area contributed by atoms with Gasteiger partial charge in [0.1, 0.15) is 5.82 Å². The molecule has 0 aromatic heterocycles. The lowest BCUT2D eigenvalue weighted by molar-refractivity contribution is -0.140. The number of nitrogens with zero attached hydrogens (tertiary/aromatic N) is 2. The van der Waals surface area contributed by atoms with Gasteiger partial charge in [-0.25, -0.2) is 4.39 Å². The zero-order valence-electron chi connectivity index (χ0n) is 12.6. The van der Waals surface area contributed by atoms with Crippen LogP contribution in [0.4, 0.5) is 4.39 Å². The average Bonchev–Trinajstić information content (AvgIpc) is 2.46. The lowest BCUT2D eigenvalue weighted by atomic mass is 10.1. The first-order valence-corrected chi connectivity index (χ1v) is 6.71.